The number of pyridine rings is 1. The molecule has 3 saturated heterocycles. The van der Waals surface area contributed by atoms with E-state index < -0.39 is 11.9 Å². The van der Waals surface area contributed by atoms with Crippen molar-refractivity contribution in [3.05, 3.63) is 94.5 Å². The van der Waals surface area contributed by atoms with Crippen molar-refractivity contribution >= 4 is 29.4 Å². The van der Waals surface area contributed by atoms with Crippen molar-refractivity contribution < 1.29 is 23.2 Å². The first-order chi connectivity index (χ1) is 28.2. The number of likely N-dealkylation sites (tertiary alicyclic amines) is 2. The number of aromatic amines is 1. The first-order valence-corrected chi connectivity index (χ1v) is 20.6. The highest BCUT2D eigenvalue weighted by Crippen LogP contribution is 2.34. The van der Waals surface area contributed by atoms with E-state index in [2.05, 4.69) is 40.7 Å². The number of nitrogens with zero attached hydrogens (tertiary/aromatic N) is 4. The van der Waals surface area contributed by atoms with Gasteiger partial charge in [0.05, 0.1) is 6.20 Å². The normalized spacial score (nSPS) is 22.4. The molecule has 1 saturated carbocycles. The number of piperidine rings is 3. The zero-order chi connectivity index (χ0) is 40.2. The highest BCUT2D eigenvalue weighted by atomic mass is 19.1. The molecule has 1 unspecified atom stereocenters. The van der Waals surface area contributed by atoms with Crippen LogP contribution in [-0.2, 0) is 14.4 Å². The minimum atomic E-state index is -0.550. The van der Waals surface area contributed by atoms with Gasteiger partial charge in [-0.1, -0.05) is 24.3 Å². The number of benzene rings is 2. The van der Waals surface area contributed by atoms with Gasteiger partial charge in [0.15, 0.2) is 5.82 Å². The summed E-state index contributed by atoms with van der Waals surface area (Å²) in [6.45, 7) is 4.35. The van der Waals surface area contributed by atoms with Crippen LogP contribution in [0.5, 0.6) is 0 Å². The van der Waals surface area contributed by atoms with Gasteiger partial charge >= 0.3 is 0 Å². The van der Waals surface area contributed by atoms with E-state index in [1.54, 1.807) is 42.6 Å². The third-order valence-electron chi connectivity index (χ3n) is 12.5. The van der Waals surface area contributed by atoms with Gasteiger partial charge < -0.3 is 25.4 Å². The molecule has 304 valence electrons. The third kappa shape index (κ3) is 9.12. The molecule has 5 heterocycles. The molecule has 4 N–H and O–H groups in total. The van der Waals surface area contributed by atoms with Crippen LogP contribution in [-0.4, -0.2) is 87.3 Å². The number of imide groups is 1. The number of amides is 3. The number of hydrogen-bond donors (Lipinski definition) is 4. The van der Waals surface area contributed by atoms with E-state index in [9.17, 15) is 23.6 Å². The van der Waals surface area contributed by atoms with E-state index >= 15 is 4.39 Å². The highest BCUT2D eigenvalue weighted by molar-refractivity contribution is 6.01. The molecule has 4 aliphatic rings. The summed E-state index contributed by atoms with van der Waals surface area (Å²) < 4.78 is 30.2. The van der Waals surface area contributed by atoms with Gasteiger partial charge in [-0.25, -0.2) is 18.7 Å². The lowest BCUT2D eigenvalue weighted by molar-refractivity contribution is -0.138. The predicted molar refractivity (Wildman–Crippen MR) is 217 cm³/mol. The van der Waals surface area contributed by atoms with Crippen LogP contribution in [0, 0.1) is 23.5 Å². The molecule has 1 atom stereocenters. The summed E-state index contributed by atoms with van der Waals surface area (Å²) in [6, 6.07) is 15.2. The van der Waals surface area contributed by atoms with Gasteiger partial charge in [0.2, 0.25) is 23.7 Å². The highest BCUT2D eigenvalue weighted by Gasteiger charge is 2.33. The van der Waals surface area contributed by atoms with E-state index in [0.29, 0.717) is 46.2 Å². The second-order valence-electron chi connectivity index (χ2n) is 16.3. The summed E-state index contributed by atoms with van der Waals surface area (Å²) in [5.41, 5.74) is 2.89. The first-order valence-electron chi connectivity index (χ1n) is 20.6. The average Bonchev–Trinajstić information content (AvgIpc) is 3.23. The first kappa shape index (κ1) is 39.3. The summed E-state index contributed by atoms with van der Waals surface area (Å²) >= 11 is 0. The Labute approximate surface area is 336 Å². The molecule has 2 aromatic heterocycles. The van der Waals surface area contributed by atoms with Crippen LogP contribution < -0.4 is 21.5 Å². The van der Waals surface area contributed by atoms with Gasteiger partial charge in [-0.05, 0) is 124 Å². The van der Waals surface area contributed by atoms with Crippen LogP contribution in [0.15, 0.2) is 71.8 Å². The third-order valence-corrected chi connectivity index (χ3v) is 12.5. The molecule has 1 aliphatic carbocycles. The smallest absolute Gasteiger partial charge is 0.255 e. The number of aromatic nitrogens is 3. The van der Waals surface area contributed by atoms with Crippen LogP contribution in [0.25, 0.3) is 22.4 Å². The topological polar surface area (TPSA) is 152 Å². The van der Waals surface area contributed by atoms with Gasteiger partial charge in [-0.2, -0.15) is 0 Å². The Morgan fingerprint density at radius 3 is 2.33 bits per heavy atom. The number of hydrogen-bond acceptors (Lipinski definition) is 9. The van der Waals surface area contributed by atoms with Crippen LogP contribution in [0.1, 0.15) is 75.7 Å². The van der Waals surface area contributed by atoms with E-state index in [1.165, 1.54) is 12.3 Å². The summed E-state index contributed by atoms with van der Waals surface area (Å²) in [6.07, 6.45) is 10.2. The van der Waals surface area contributed by atoms with Crippen molar-refractivity contribution in [3.8, 4) is 22.4 Å². The molecule has 2 aromatic carbocycles. The Bertz CT molecular complexity index is 2190. The lowest BCUT2D eigenvalue weighted by atomic mass is 9.84. The molecule has 12 nitrogen and oxygen atoms in total. The molecular weight excluding hydrogens is 743 g/mol. The van der Waals surface area contributed by atoms with Crippen molar-refractivity contribution in [2.24, 2.45) is 11.8 Å². The number of rotatable bonds is 10. The molecule has 0 spiro atoms. The Kier molecular flexibility index (Phi) is 11.9. The molecule has 4 fully saturated rings. The molecule has 0 radical (unpaired) electrons. The fraction of sp³-hybridized carbons (Fsp3) is 0.455. The second-order valence-corrected chi connectivity index (χ2v) is 16.3. The standard InChI is InChI=1S/C44H50F2N8O4/c45-36-24-33(49-38-12-13-39(55)51-42(38)57)10-11-34(36)28-16-19-53(20-17-28)26-27-14-21-54(22-15-27)43(58)29-6-8-32(9-7-29)50-44-48-25-37(46)40(52-44)31-4-1-3-30(23-31)35-5-2-18-47-41(35)56/h1-5,10-11,18,23-25,27-29,32,38,49H,6-9,12-17,19-22,26H2,(H,47,56)(H,48,50,52)(H,51,55,57). The number of H-pyrrole nitrogens is 1. The maximum Gasteiger partial charge on any atom is 0.255 e. The number of carbonyl (C=O) groups is 3. The molecule has 8 rings (SSSR count). The summed E-state index contributed by atoms with van der Waals surface area (Å²) in [4.78, 5) is 65.4. The molecule has 0 bridgehead atoms. The van der Waals surface area contributed by atoms with Crippen molar-refractivity contribution in [3.63, 3.8) is 0 Å². The van der Waals surface area contributed by atoms with Crippen LogP contribution in [0.3, 0.4) is 0 Å². The van der Waals surface area contributed by atoms with E-state index in [-0.39, 0.29) is 59.1 Å². The zero-order valence-electron chi connectivity index (χ0n) is 32.5. The molecular formula is C44H50F2N8O4. The van der Waals surface area contributed by atoms with E-state index in [0.717, 1.165) is 84.1 Å². The fourth-order valence-electron chi connectivity index (χ4n) is 9.16. The Hall–Kier alpha value is -5.50. The predicted octanol–water partition coefficient (Wildman–Crippen LogP) is 6.08. The molecule has 3 amide bonds. The number of halogens is 2. The molecule has 14 heteroatoms. The monoisotopic (exact) mass is 792 g/mol. The molecule has 3 aliphatic heterocycles. The number of carbonyl (C=O) groups excluding carboxylic acids is 3. The van der Waals surface area contributed by atoms with Crippen LogP contribution >= 0.6 is 0 Å². The van der Waals surface area contributed by atoms with Crippen molar-refractivity contribution in [2.45, 2.75) is 82.2 Å². The van der Waals surface area contributed by atoms with Crippen molar-refractivity contribution in [1.29, 1.82) is 0 Å². The Morgan fingerprint density at radius 1 is 0.810 bits per heavy atom. The fourth-order valence-corrected chi connectivity index (χ4v) is 9.16. The minimum Gasteiger partial charge on any atom is -0.374 e. The average molecular weight is 793 g/mol. The minimum absolute atomic E-state index is 0.00937. The molecule has 4 aromatic rings. The maximum absolute atomic E-state index is 15.2. The lowest BCUT2D eigenvalue weighted by Crippen LogP contribution is -2.47. The van der Waals surface area contributed by atoms with Crippen LogP contribution in [0.4, 0.5) is 20.4 Å². The lowest BCUT2D eigenvalue weighted by Gasteiger charge is -2.39. The van der Waals surface area contributed by atoms with Gasteiger partial charge in [-0.3, -0.25) is 24.5 Å². The quantitative estimate of drug-likeness (QED) is 0.140. The largest absolute Gasteiger partial charge is 0.374 e. The maximum atomic E-state index is 15.2. The van der Waals surface area contributed by atoms with Crippen LogP contribution in [0.2, 0.25) is 0 Å². The van der Waals surface area contributed by atoms with E-state index in [1.807, 2.05) is 12.1 Å². The van der Waals surface area contributed by atoms with Gasteiger partial charge in [0.1, 0.15) is 17.6 Å². The molecule has 58 heavy (non-hydrogen) atoms. The Morgan fingerprint density at radius 2 is 1.59 bits per heavy atom. The number of anilines is 2. The Balaban J connectivity index is 0.761. The van der Waals surface area contributed by atoms with Crippen molar-refractivity contribution in [1.82, 2.24) is 30.1 Å². The number of nitrogens with one attached hydrogen (secondary N) is 4. The summed E-state index contributed by atoms with van der Waals surface area (Å²) in [5.74, 6) is -0.232. The van der Waals surface area contributed by atoms with Gasteiger partial charge in [-0.15, -0.1) is 0 Å². The van der Waals surface area contributed by atoms with Crippen molar-refractivity contribution in [2.75, 3.05) is 43.4 Å². The van der Waals surface area contributed by atoms with Gasteiger partial charge in [0.25, 0.3) is 5.56 Å². The summed E-state index contributed by atoms with van der Waals surface area (Å²) in [7, 11) is 0. The summed E-state index contributed by atoms with van der Waals surface area (Å²) in [5, 5.41) is 8.77. The zero-order valence-corrected chi connectivity index (χ0v) is 32.5. The SMILES string of the molecule is O=C1CCC(Nc2ccc(C3CCN(CC4CCN(C(=O)C5CCC(Nc6ncc(F)c(-c7cccc(-c8ccc[nH]c8=O)c7)n6)CC5)CC4)CC3)c(F)c2)C(=O)N1. The van der Waals surface area contributed by atoms with Gasteiger partial charge in [0, 0.05) is 61.0 Å². The van der Waals surface area contributed by atoms with E-state index in [4.69, 9.17) is 0 Å². The second kappa shape index (κ2) is 17.6.